The van der Waals surface area contributed by atoms with Crippen molar-refractivity contribution in [1.82, 2.24) is 9.88 Å². The van der Waals surface area contributed by atoms with Crippen molar-refractivity contribution in [1.29, 1.82) is 0 Å². The molecular weight excluding hydrogens is 576 g/mol. The van der Waals surface area contributed by atoms with Crippen molar-refractivity contribution in [2.24, 2.45) is 17.6 Å². The minimum Gasteiger partial charge on any atom is -0.510 e. The third kappa shape index (κ3) is 4.32. The molecule has 1 unspecified atom stereocenters. The van der Waals surface area contributed by atoms with Gasteiger partial charge < -0.3 is 30.4 Å². The molecule has 11 nitrogen and oxygen atoms in total. The number of fused-ring (bicyclic) bond motifs is 5. The molecule has 3 aromatic rings. The van der Waals surface area contributed by atoms with E-state index in [2.05, 4.69) is 20.8 Å². The van der Waals surface area contributed by atoms with Crippen molar-refractivity contribution in [2.75, 3.05) is 33.1 Å². The number of hydrogen-bond donors (Lipinski definition) is 4. The zero-order valence-electron chi connectivity index (χ0n) is 26.4. The van der Waals surface area contributed by atoms with Crippen molar-refractivity contribution in [3.63, 3.8) is 0 Å². The second-order valence-corrected chi connectivity index (χ2v) is 13.8. The van der Waals surface area contributed by atoms with Gasteiger partial charge in [0.1, 0.15) is 22.6 Å². The predicted octanol–water partition coefficient (Wildman–Crippen LogP) is 3.59. The zero-order chi connectivity index (χ0) is 32.9. The molecule has 1 amide bonds. The number of nitrogens with zero attached hydrogens (tertiary/aromatic N) is 3. The van der Waals surface area contributed by atoms with E-state index in [-0.39, 0.29) is 35.0 Å². The Balaban J connectivity index is 1.55. The average Bonchev–Trinajstić information content (AvgIpc) is 3.37. The highest BCUT2D eigenvalue weighted by Crippen LogP contribution is 2.53. The number of rotatable bonds is 4. The number of nitrogens with two attached hydrogens (primary N) is 1. The summed E-state index contributed by atoms with van der Waals surface area (Å²) in [5.74, 6) is -5.80. The largest absolute Gasteiger partial charge is 0.510 e. The number of Topliss-reactive ketones (excluding diaryl/α,β-unsaturated/α-hetero) is 2. The smallest absolute Gasteiger partial charge is 0.255 e. The number of carbonyl (C=O) groups excluding carboxylic acids is 3. The number of allylic oxidation sites excluding steroid dienone is 1. The van der Waals surface area contributed by atoms with Crippen LogP contribution in [0.1, 0.15) is 48.7 Å². The van der Waals surface area contributed by atoms with Gasteiger partial charge in [0, 0.05) is 36.8 Å². The molecule has 11 heteroatoms. The second-order valence-electron chi connectivity index (χ2n) is 13.8. The summed E-state index contributed by atoms with van der Waals surface area (Å²) in [6.45, 7) is 6.37. The van der Waals surface area contributed by atoms with Gasteiger partial charge in [-0.2, -0.15) is 0 Å². The van der Waals surface area contributed by atoms with E-state index < -0.39 is 58.0 Å². The number of aromatic nitrogens is 1. The van der Waals surface area contributed by atoms with E-state index in [4.69, 9.17) is 15.1 Å². The SMILES string of the molecule is CN(C)c1cc2nc(-c3ccc(C(C)(C)C)cc3)oc2c2c1C[C@H]1C[C@H]3[C@H](N(C)C)C(O)=C(C(N)=O)C(=O)C3(O)C(O)=C1C2=O. The molecule has 3 aliphatic carbocycles. The van der Waals surface area contributed by atoms with Crippen LogP contribution in [0.25, 0.3) is 22.6 Å². The number of carbonyl (C=O) groups is 3. The number of anilines is 1. The first-order valence-corrected chi connectivity index (χ1v) is 14.9. The lowest BCUT2D eigenvalue weighted by Crippen LogP contribution is -2.63. The predicted molar refractivity (Wildman–Crippen MR) is 168 cm³/mol. The van der Waals surface area contributed by atoms with Gasteiger partial charge in [0.2, 0.25) is 11.7 Å². The summed E-state index contributed by atoms with van der Waals surface area (Å²) >= 11 is 0. The van der Waals surface area contributed by atoms with Crippen LogP contribution in [0.3, 0.4) is 0 Å². The lowest BCUT2D eigenvalue weighted by molar-refractivity contribution is -0.148. The van der Waals surface area contributed by atoms with E-state index in [9.17, 15) is 29.7 Å². The van der Waals surface area contributed by atoms with Gasteiger partial charge in [0.05, 0.1) is 11.6 Å². The Morgan fingerprint density at radius 3 is 2.29 bits per heavy atom. The molecule has 1 aromatic heterocycles. The molecule has 0 radical (unpaired) electrons. The van der Waals surface area contributed by atoms with Crippen LogP contribution in [0.4, 0.5) is 5.69 Å². The van der Waals surface area contributed by atoms with Gasteiger partial charge in [-0.3, -0.25) is 19.3 Å². The number of aliphatic hydroxyl groups excluding tert-OH is 2. The molecule has 4 atom stereocenters. The van der Waals surface area contributed by atoms with Crippen molar-refractivity contribution in [2.45, 2.75) is 50.7 Å². The van der Waals surface area contributed by atoms with Crippen molar-refractivity contribution < 1.29 is 34.1 Å². The molecule has 1 heterocycles. The Bertz CT molecular complexity index is 1860. The number of primary amides is 1. The van der Waals surface area contributed by atoms with Crippen molar-refractivity contribution in [3.05, 3.63) is 69.7 Å². The van der Waals surface area contributed by atoms with Crippen molar-refractivity contribution in [3.8, 4) is 11.5 Å². The molecule has 236 valence electrons. The molecule has 2 aromatic carbocycles. The van der Waals surface area contributed by atoms with Gasteiger partial charge >= 0.3 is 0 Å². The first-order valence-electron chi connectivity index (χ1n) is 14.9. The number of oxazole rings is 1. The highest BCUT2D eigenvalue weighted by molar-refractivity contribution is 6.25. The summed E-state index contributed by atoms with van der Waals surface area (Å²) in [7, 11) is 6.95. The minimum atomic E-state index is -2.65. The third-order valence-electron chi connectivity index (χ3n) is 9.56. The number of likely N-dealkylation sites (N-methyl/N-ethyl adjacent to an activating group) is 1. The normalized spacial score (nSPS) is 25.0. The maximum atomic E-state index is 14.5. The topological polar surface area (TPSA) is 170 Å². The Labute approximate surface area is 260 Å². The summed E-state index contributed by atoms with van der Waals surface area (Å²) in [5, 5.41) is 34.6. The van der Waals surface area contributed by atoms with Gasteiger partial charge in [-0.15, -0.1) is 0 Å². The first-order chi connectivity index (χ1) is 21.0. The van der Waals surface area contributed by atoms with Crippen LogP contribution >= 0.6 is 0 Å². The molecule has 0 saturated carbocycles. The van der Waals surface area contributed by atoms with Crippen LogP contribution < -0.4 is 10.6 Å². The fraction of sp³-hybridized carbons (Fsp3) is 0.412. The van der Waals surface area contributed by atoms with Gasteiger partial charge in [0.15, 0.2) is 17.0 Å². The summed E-state index contributed by atoms with van der Waals surface area (Å²) in [6, 6.07) is 8.71. The first kappa shape index (κ1) is 30.5. The maximum absolute atomic E-state index is 14.5. The highest BCUT2D eigenvalue weighted by Gasteiger charge is 2.63. The molecule has 0 saturated heterocycles. The van der Waals surface area contributed by atoms with Gasteiger partial charge in [-0.25, -0.2) is 4.98 Å². The number of amides is 1. The van der Waals surface area contributed by atoms with Gasteiger partial charge in [-0.1, -0.05) is 32.9 Å². The monoisotopic (exact) mass is 614 g/mol. The van der Waals surface area contributed by atoms with Gasteiger partial charge in [-0.05, 0) is 67.6 Å². The number of ketones is 2. The molecule has 45 heavy (non-hydrogen) atoms. The fourth-order valence-corrected chi connectivity index (χ4v) is 7.32. The highest BCUT2D eigenvalue weighted by atomic mass is 16.4. The molecule has 3 aliphatic rings. The lowest BCUT2D eigenvalue weighted by Gasteiger charge is -2.50. The maximum Gasteiger partial charge on any atom is 0.255 e. The summed E-state index contributed by atoms with van der Waals surface area (Å²) in [6.07, 6.45) is 0.354. The Morgan fingerprint density at radius 1 is 1.09 bits per heavy atom. The van der Waals surface area contributed by atoms with Crippen LogP contribution in [0.2, 0.25) is 0 Å². The van der Waals surface area contributed by atoms with Gasteiger partial charge in [0.25, 0.3) is 5.91 Å². The zero-order valence-corrected chi connectivity index (χ0v) is 26.4. The number of hydrogen-bond acceptors (Lipinski definition) is 10. The van der Waals surface area contributed by atoms with E-state index >= 15 is 0 Å². The van der Waals surface area contributed by atoms with Crippen LogP contribution in [-0.4, -0.2) is 82.5 Å². The number of benzene rings is 2. The summed E-state index contributed by atoms with van der Waals surface area (Å²) < 4.78 is 6.27. The van der Waals surface area contributed by atoms with Crippen molar-refractivity contribution >= 4 is 34.3 Å². The standard InChI is InChI=1S/C34H38N4O7/c1-33(2,3)17-10-8-15(9-11-17)32-36-20-14-21(37(4)5)18-12-16-13-19-25(38(6)7)27(40)24(31(35)43)30(42)34(19,44)29(41)22(16)26(39)23(18)28(20)45-32/h8-11,14,16,19,25,40-41,44H,12-13H2,1-7H3,(H2,35,43)/t16-,19-,25-,34?/m0/s1. The Hall–Kier alpha value is -4.48. The van der Waals surface area contributed by atoms with Crippen LogP contribution in [0.5, 0.6) is 0 Å². The van der Waals surface area contributed by atoms with E-state index in [1.807, 2.05) is 49.3 Å². The summed E-state index contributed by atoms with van der Waals surface area (Å²) in [5.41, 5.74) is 6.02. The van der Waals surface area contributed by atoms with E-state index in [1.165, 1.54) is 0 Å². The third-order valence-corrected chi connectivity index (χ3v) is 9.56. The molecule has 5 N–H and O–H groups in total. The minimum absolute atomic E-state index is 0.0414. The Morgan fingerprint density at radius 2 is 1.73 bits per heavy atom. The fourth-order valence-electron chi connectivity index (χ4n) is 7.32. The van der Waals surface area contributed by atoms with E-state index in [1.54, 1.807) is 19.0 Å². The van der Waals surface area contributed by atoms with Crippen LogP contribution in [0.15, 0.2) is 57.4 Å². The molecule has 0 spiro atoms. The Kier molecular flexibility index (Phi) is 6.80. The second kappa shape index (κ2) is 10.0. The van der Waals surface area contributed by atoms with E-state index in [0.717, 1.165) is 16.8 Å². The average molecular weight is 615 g/mol. The lowest BCUT2D eigenvalue weighted by atomic mass is 9.58. The molecule has 0 aliphatic heterocycles. The summed E-state index contributed by atoms with van der Waals surface area (Å²) in [4.78, 5) is 48.5. The molecule has 0 fully saturated rings. The van der Waals surface area contributed by atoms with Crippen LogP contribution in [-0.2, 0) is 21.4 Å². The molecule has 6 rings (SSSR count). The quantitative estimate of drug-likeness (QED) is 0.319. The number of aliphatic hydroxyl groups is 3. The molecular formula is C34H38N4O7. The van der Waals surface area contributed by atoms with Crippen LogP contribution in [0, 0.1) is 11.8 Å². The molecule has 0 bridgehead atoms. The van der Waals surface area contributed by atoms with E-state index in [0.29, 0.717) is 17.0 Å².